The fraction of sp³-hybridized carbons (Fsp3) is 0.211. The molecule has 0 aliphatic carbocycles. The number of hydrogen-bond donors (Lipinski definition) is 0. The van der Waals surface area contributed by atoms with E-state index in [1.54, 1.807) is 35.1 Å². The summed E-state index contributed by atoms with van der Waals surface area (Å²) < 4.78 is 20.5. The summed E-state index contributed by atoms with van der Waals surface area (Å²) in [6.45, 7) is 1.70. The Morgan fingerprint density at radius 3 is 2.62 bits per heavy atom. The van der Waals surface area contributed by atoms with Crippen LogP contribution in [0.15, 0.2) is 61.2 Å². The smallest absolute Gasteiger partial charge is 0.260 e. The van der Waals surface area contributed by atoms with Crippen molar-refractivity contribution in [3.63, 3.8) is 0 Å². The first-order valence-corrected chi connectivity index (χ1v) is 8.14. The van der Waals surface area contributed by atoms with Gasteiger partial charge in [-0.1, -0.05) is 24.3 Å². The second-order valence-corrected chi connectivity index (χ2v) is 5.83. The molecule has 1 atom stereocenters. The van der Waals surface area contributed by atoms with Crippen LogP contribution in [0.4, 0.5) is 4.39 Å². The third-order valence-electron chi connectivity index (χ3n) is 4.22. The van der Waals surface area contributed by atoms with Crippen LogP contribution >= 0.6 is 0 Å². The number of benzene rings is 2. The molecule has 0 N–H and O–H groups in total. The molecular formula is C19H19FN4O2. The van der Waals surface area contributed by atoms with E-state index >= 15 is 0 Å². The van der Waals surface area contributed by atoms with Crippen molar-refractivity contribution in [1.82, 2.24) is 19.7 Å². The quantitative estimate of drug-likeness (QED) is 0.683. The number of hydrogen-bond acceptors (Lipinski definition) is 4. The van der Waals surface area contributed by atoms with Crippen LogP contribution in [0.5, 0.6) is 5.75 Å². The molecule has 26 heavy (non-hydrogen) atoms. The fourth-order valence-electron chi connectivity index (χ4n) is 2.49. The summed E-state index contributed by atoms with van der Waals surface area (Å²) in [5.41, 5.74) is 1.85. The summed E-state index contributed by atoms with van der Waals surface area (Å²) in [4.78, 5) is 17.8. The molecule has 0 fully saturated rings. The molecule has 0 bridgehead atoms. The molecule has 0 saturated heterocycles. The number of halogens is 1. The first-order chi connectivity index (χ1) is 12.6. The Labute approximate surface area is 150 Å². The van der Waals surface area contributed by atoms with Gasteiger partial charge in [-0.15, -0.1) is 0 Å². The average molecular weight is 354 g/mol. The Hall–Kier alpha value is -3.22. The van der Waals surface area contributed by atoms with Crippen LogP contribution in [0.3, 0.4) is 0 Å². The highest BCUT2D eigenvalue weighted by Crippen LogP contribution is 2.21. The number of rotatable bonds is 6. The number of likely N-dealkylation sites (N-methyl/N-ethyl adjacent to an activating group) is 1. The van der Waals surface area contributed by atoms with Crippen molar-refractivity contribution in [3.05, 3.63) is 72.6 Å². The molecule has 2 aromatic carbocycles. The van der Waals surface area contributed by atoms with E-state index in [4.69, 9.17) is 4.74 Å². The summed E-state index contributed by atoms with van der Waals surface area (Å²) in [6, 6.07) is 13.6. The van der Waals surface area contributed by atoms with E-state index in [0.717, 1.165) is 11.3 Å². The van der Waals surface area contributed by atoms with Crippen molar-refractivity contribution in [2.45, 2.75) is 13.0 Å². The Bertz CT molecular complexity index is 866. The molecule has 0 radical (unpaired) electrons. The number of nitrogens with zero attached hydrogens (tertiary/aromatic N) is 4. The van der Waals surface area contributed by atoms with Gasteiger partial charge in [-0.3, -0.25) is 4.79 Å². The lowest BCUT2D eigenvalue weighted by atomic mass is 10.1. The van der Waals surface area contributed by atoms with E-state index in [1.807, 2.05) is 31.2 Å². The second kappa shape index (κ2) is 7.77. The van der Waals surface area contributed by atoms with Crippen LogP contribution in [-0.2, 0) is 4.79 Å². The highest BCUT2D eigenvalue weighted by atomic mass is 19.1. The maximum atomic E-state index is 13.6. The topological polar surface area (TPSA) is 60.2 Å². The Balaban J connectivity index is 1.62. The average Bonchev–Trinajstić information content (AvgIpc) is 3.21. The Kier molecular flexibility index (Phi) is 5.26. The molecule has 0 aliphatic rings. The molecule has 134 valence electrons. The van der Waals surface area contributed by atoms with Crippen LogP contribution in [0.2, 0.25) is 0 Å². The van der Waals surface area contributed by atoms with Crippen LogP contribution in [0.1, 0.15) is 18.5 Å². The third-order valence-corrected chi connectivity index (χ3v) is 4.22. The van der Waals surface area contributed by atoms with E-state index < -0.39 is 5.82 Å². The van der Waals surface area contributed by atoms with Crippen molar-refractivity contribution < 1.29 is 13.9 Å². The van der Waals surface area contributed by atoms with Crippen molar-refractivity contribution in [1.29, 1.82) is 0 Å². The summed E-state index contributed by atoms with van der Waals surface area (Å²) in [6.07, 6.45) is 3.09. The number of aromatic nitrogens is 3. The maximum Gasteiger partial charge on any atom is 0.260 e. The molecule has 1 amide bonds. The van der Waals surface area contributed by atoms with Crippen molar-refractivity contribution in [2.75, 3.05) is 13.7 Å². The SMILES string of the molecule is CC(c1ccc(-n2cncn2)cc1)N(C)C(=O)COc1ccccc1F. The van der Waals surface area contributed by atoms with E-state index in [1.165, 1.54) is 18.5 Å². The summed E-state index contributed by atoms with van der Waals surface area (Å²) in [7, 11) is 1.70. The Morgan fingerprint density at radius 2 is 1.96 bits per heavy atom. The molecule has 0 aliphatic heterocycles. The number of ether oxygens (including phenoxy) is 1. The van der Waals surface area contributed by atoms with Crippen LogP contribution in [0, 0.1) is 5.82 Å². The van der Waals surface area contributed by atoms with Gasteiger partial charge >= 0.3 is 0 Å². The van der Waals surface area contributed by atoms with E-state index in [2.05, 4.69) is 10.1 Å². The molecular weight excluding hydrogens is 335 g/mol. The molecule has 3 aromatic rings. The fourth-order valence-corrected chi connectivity index (χ4v) is 2.49. The first-order valence-electron chi connectivity index (χ1n) is 8.14. The Morgan fingerprint density at radius 1 is 1.23 bits per heavy atom. The monoisotopic (exact) mass is 354 g/mol. The zero-order valence-corrected chi connectivity index (χ0v) is 14.5. The van der Waals surface area contributed by atoms with Crippen molar-refractivity contribution in [2.24, 2.45) is 0 Å². The minimum Gasteiger partial charge on any atom is -0.481 e. The lowest BCUT2D eigenvalue weighted by Crippen LogP contribution is -2.33. The molecule has 0 spiro atoms. The summed E-state index contributed by atoms with van der Waals surface area (Å²) >= 11 is 0. The normalized spacial score (nSPS) is 11.8. The van der Waals surface area contributed by atoms with Gasteiger partial charge in [0.2, 0.25) is 0 Å². The van der Waals surface area contributed by atoms with Gasteiger partial charge < -0.3 is 9.64 Å². The van der Waals surface area contributed by atoms with Gasteiger partial charge in [0.05, 0.1) is 11.7 Å². The standard InChI is InChI=1S/C19H19FN4O2/c1-14(15-7-9-16(10-8-15)24-13-21-12-22-24)23(2)19(25)11-26-18-6-4-3-5-17(18)20/h3-10,12-14H,11H2,1-2H3. The molecule has 7 heteroatoms. The molecule has 0 saturated carbocycles. The lowest BCUT2D eigenvalue weighted by molar-refractivity contribution is -0.134. The van der Waals surface area contributed by atoms with E-state index in [0.29, 0.717) is 0 Å². The van der Waals surface area contributed by atoms with Crippen molar-refractivity contribution >= 4 is 5.91 Å². The largest absolute Gasteiger partial charge is 0.481 e. The van der Waals surface area contributed by atoms with Crippen LogP contribution in [-0.4, -0.2) is 39.2 Å². The molecule has 6 nitrogen and oxygen atoms in total. The van der Waals surface area contributed by atoms with Gasteiger partial charge in [-0.25, -0.2) is 14.1 Å². The molecule has 1 heterocycles. The van der Waals surface area contributed by atoms with Crippen LogP contribution in [0.25, 0.3) is 5.69 Å². The predicted octanol–water partition coefficient (Wildman–Crippen LogP) is 3.00. The highest BCUT2D eigenvalue weighted by Gasteiger charge is 2.18. The van der Waals surface area contributed by atoms with Crippen molar-refractivity contribution in [3.8, 4) is 11.4 Å². The third kappa shape index (κ3) is 3.88. The van der Waals surface area contributed by atoms with Gasteiger partial charge in [-0.05, 0) is 36.8 Å². The minimum atomic E-state index is -0.486. The summed E-state index contributed by atoms with van der Waals surface area (Å²) in [5.74, 6) is -0.653. The number of para-hydroxylation sites is 1. The zero-order valence-electron chi connectivity index (χ0n) is 14.5. The number of carbonyl (C=O) groups is 1. The van der Waals surface area contributed by atoms with Gasteiger partial charge in [0.1, 0.15) is 12.7 Å². The van der Waals surface area contributed by atoms with Gasteiger partial charge in [0, 0.05) is 7.05 Å². The maximum absolute atomic E-state index is 13.6. The molecule has 3 rings (SSSR count). The van der Waals surface area contributed by atoms with Gasteiger partial charge in [-0.2, -0.15) is 5.10 Å². The van der Waals surface area contributed by atoms with Gasteiger partial charge in [0.25, 0.3) is 5.91 Å². The van der Waals surface area contributed by atoms with E-state index in [9.17, 15) is 9.18 Å². The predicted molar refractivity (Wildman–Crippen MR) is 94.4 cm³/mol. The second-order valence-electron chi connectivity index (χ2n) is 5.83. The molecule has 1 unspecified atom stereocenters. The number of carbonyl (C=O) groups excluding carboxylic acids is 1. The van der Waals surface area contributed by atoms with Gasteiger partial charge in [0.15, 0.2) is 18.2 Å². The zero-order chi connectivity index (χ0) is 18.5. The summed E-state index contributed by atoms with van der Waals surface area (Å²) in [5, 5.41) is 4.08. The van der Waals surface area contributed by atoms with E-state index in [-0.39, 0.29) is 24.3 Å². The number of amides is 1. The minimum absolute atomic E-state index is 0.0686. The lowest BCUT2D eigenvalue weighted by Gasteiger charge is -2.25. The van der Waals surface area contributed by atoms with Crippen LogP contribution < -0.4 is 4.74 Å². The highest BCUT2D eigenvalue weighted by molar-refractivity contribution is 5.78. The molecule has 1 aromatic heterocycles. The first kappa shape index (κ1) is 17.6.